The largest absolute Gasteiger partial charge is 0.310 e. The lowest BCUT2D eigenvalue weighted by molar-refractivity contribution is 0.638. The van der Waals surface area contributed by atoms with Gasteiger partial charge in [0.1, 0.15) is 0 Å². The van der Waals surface area contributed by atoms with Crippen LogP contribution in [0.1, 0.15) is 12.6 Å². The fraction of sp³-hybridized carbons (Fsp3) is 0.357. The van der Waals surface area contributed by atoms with Gasteiger partial charge in [0.05, 0.1) is 11.4 Å². The number of aromatic nitrogens is 2. The average molecular weight is 277 g/mol. The lowest BCUT2D eigenvalue weighted by atomic mass is 10.3. The molecule has 19 heavy (non-hydrogen) atoms. The van der Waals surface area contributed by atoms with Crippen LogP contribution in [0.2, 0.25) is 0 Å². The van der Waals surface area contributed by atoms with Crippen molar-refractivity contribution in [3.8, 4) is 5.69 Å². The molecule has 2 rings (SSSR count). The number of para-hydroxylation sites is 1. The molecule has 2 unspecified atom stereocenters. The van der Waals surface area contributed by atoms with Crippen LogP contribution in [0.3, 0.4) is 0 Å². The maximum atomic E-state index is 11.2. The van der Waals surface area contributed by atoms with Gasteiger partial charge in [0, 0.05) is 41.6 Å². The Labute approximate surface area is 116 Å². The van der Waals surface area contributed by atoms with Crippen molar-refractivity contribution in [2.24, 2.45) is 0 Å². The van der Waals surface area contributed by atoms with Crippen molar-refractivity contribution in [3.63, 3.8) is 0 Å². The predicted octanol–water partition coefficient (Wildman–Crippen LogP) is 1.73. The van der Waals surface area contributed by atoms with E-state index in [0.717, 1.165) is 17.9 Å². The highest BCUT2D eigenvalue weighted by Gasteiger charge is 2.06. The van der Waals surface area contributed by atoms with Gasteiger partial charge in [-0.1, -0.05) is 18.2 Å². The highest BCUT2D eigenvalue weighted by atomic mass is 32.2. The summed E-state index contributed by atoms with van der Waals surface area (Å²) in [5, 5.41) is 7.94. The van der Waals surface area contributed by atoms with Crippen molar-refractivity contribution in [1.29, 1.82) is 0 Å². The van der Waals surface area contributed by atoms with E-state index in [9.17, 15) is 4.21 Å². The molecule has 1 N–H and O–H groups in total. The molecule has 2 aromatic rings. The smallest absolute Gasteiger partial charge is 0.0766 e. The minimum absolute atomic E-state index is 0.163. The SMILES string of the molecule is CC(CNCc1ccn(-c2ccccc2)n1)S(C)=O. The van der Waals surface area contributed by atoms with E-state index >= 15 is 0 Å². The van der Waals surface area contributed by atoms with E-state index in [-0.39, 0.29) is 5.25 Å². The molecule has 0 aliphatic carbocycles. The molecule has 5 heteroatoms. The predicted molar refractivity (Wildman–Crippen MR) is 78.8 cm³/mol. The topological polar surface area (TPSA) is 46.9 Å². The van der Waals surface area contributed by atoms with Gasteiger partial charge in [-0.2, -0.15) is 5.10 Å². The van der Waals surface area contributed by atoms with Gasteiger partial charge >= 0.3 is 0 Å². The molecule has 1 aromatic carbocycles. The van der Waals surface area contributed by atoms with Crippen LogP contribution in [-0.4, -0.2) is 32.0 Å². The van der Waals surface area contributed by atoms with Crippen LogP contribution in [0.15, 0.2) is 42.6 Å². The van der Waals surface area contributed by atoms with E-state index < -0.39 is 10.8 Å². The Kier molecular flexibility index (Phi) is 4.87. The zero-order valence-electron chi connectivity index (χ0n) is 11.2. The molecule has 1 heterocycles. The lowest BCUT2D eigenvalue weighted by Crippen LogP contribution is -2.27. The summed E-state index contributed by atoms with van der Waals surface area (Å²) in [4.78, 5) is 0. The molecule has 0 amide bonds. The third kappa shape index (κ3) is 4.01. The Morgan fingerprint density at radius 1 is 1.32 bits per heavy atom. The summed E-state index contributed by atoms with van der Waals surface area (Å²) >= 11 is 0. The van der Waals surface area contributed by atoms with Crippen LogP contribution < -0.4 is 5.32 Å². The number of nitrogens with one attached hydrogen (secondary N) is 1. The van der Waals surface area contributed by atoms with Gasteiger partial charge in [-0.25, -0.2) is 4.68 Å². The van der Waals surface area contributed by atoms with E-state index in [1.54, 1.807) is 6.26 Å². The van der Waals surface area contributed by atoms with Crippen LogP contribution in [0.4, 0.5) is 0 Å². The van der Waals surface area contributed by atoms with Crippen LogP contribution in [0.25, 0.3) is 5.69 Å². The Morgan fingerprint density at radius 3 is 2.74 bits per heavy atom. The molecule has 102 valence electrons. The minimum atomic E-state index is -0.781. The molecule has 0 radical (unpaired) electrons. The second kappa shape index (κ2) is 6.63. The van der Waals surface area contributed by atoms with Crippen molar-refractivity contribution in [2.45, 2.75) is 18.7 Å². The minimum Gasteiger partial charge on any atom is -0.310 e. The lowest BCUT2D eigenvalue weighted by Gasteiger charge is -2.08. The van der Waals surface area contributed by atoms with E-state index in [0.29, 0.717) is 6.54 Å². The molecule has 0 aliphatic rings. The van der Waals surface area contributed by atoms with Gasteiger partial charge in [0.25, 0.3) is 0 Å². The molecule has 1 aromatic heterocycles. The van der Waals surface area contributed by atoms with E-state index in [4.69, 9.17) is 0 Å². The fourth-order valence-electron chi connectivity index (χ4n) is 1.70. The van der Waals surface area contributed by atoms with Crippen LogP contribution in [-0.2, 0) is 17.3 Å². The van der Waals surface area contributed by atoms with Gasteiger partial charge in [-0.3, -0.25) is 4.21 Å². The van der Waals surface area contributed by atoms with Gasteiger partial charge in [0.15, 0.2) is 0 Å². The maximum absolute atomic E-state index is 11.2. The maximum Gasteiger partial charge on any atom is 0.0766 e. The summed E-state index contributed by atoms with van der Waals surface area (Å²) in [6, 6.07) is 12.0. The highest BCUT2D eigenvalue weighted by Crippen LogP contribution is 2.06. The molecule has 0 spiro atoms. The molecule has 0 fully saturated rings. The van der Waals surface area contributed by atoms with Gasteiger partial charge in [-0.15, -0.1) is 0 Å². The Hall–Kier alpha value is -1.46. The fourth-order valence-corrected chi connectivity index (χ4v) is 2.05. The first kappa shape index (κ1) is 14.0. The van der Waals surface area contributed by atoms with Crippen LogP contribution in [0, 0.1) is 0 Å². The third-order valence-electron chi connectivity index (χ3n) is 2.97. The third-order valence-corrected chi connectivity index (χ3v) is 4.27. The van der Waals surface area contributed by atoms with Gasteiger partial charge < -0.3 is 5.32 Å². The van der Waals surface area contributed by atoms with Crippen molar-refractivity contribution in [2.75, 3.05) is 12.8 Å². The molecule has 0 bridgehead atoms. The zero-order valence-corrected chi connectivity index (χ0v) is 12.1. The van der Waals surface area contributed by atoms with Crippen molar-refractivity contribution in [1.82, 2.24) is 15.1 Å². The number of nitrogens with zero attached hydrogens (tertiary/aromatic N) is 2. The van der Waals surface area contributed by atoms with E-state index in [1.807, 2.05) is 54.2 Å². The number of hydrogen-bond acceptors (Lipinski definition) is 3. The molecule has 4 nitrogen and oxygen atoms in total. The monoisotopic (exact) mass is 277 g/mol. The second-order valence-corrected chi connectivity index (χ2v) is 6.33. The van der Waals surface area contributed by atoms with Crippen molar-refractivity contribution < 1.29 is 4.21 Å². The first-order valence-corrected chi connectivity index (χ1v) is 7.92. The molecule has 2 atom stereocenters. The van der Waals surface area contributed by atoms with Gasteiger partial charge in [-0.05, 0) is 25.1 Å². The summed E-state index contributed by atoms with van der Waals surface area (Å²) < 4.78 is 13.1. The second-order valence-electron chi connectivity index (χ2n) is 4.53. The number of rotatable bonds is 6. The van der Waals surface area contributed by atoms with Gasteiger partial charge in [0.2, 0.25) is 0 Å². The number of benzene rings is 1. The highest BCUT2D eigenvalue weighted by molar-refractivity contribution is 7.84. The Balaban J connectivity index is 1.90. The Bertz CT molecular complexity index is 539. The zero-order chi connectivity index (χ0) is 13.7. The molecule has 0 saturated heterocycles. The Morgan fingerprint density at radius 2 is 2.05 bits per heavy atom. The molecule has 0 saturated carbocycles. The quantitative estimate of drug-likeness (QED) is 0.874. The average Bonchev–Trinajstić information content (AvgIpc) is 2.88. The summed E-state index contributed by atoms with van der Waals surface area (Å²) in [7, 11) is -0.781. The number of hydrogen-bond donors (Lipinski definition) is 1. The molecule has 0 aliphatic heterocycles. The standard InChI is InChI=1S/C14H19N3OS/c1-12(19(2)18)10-15-11-13-8-9-17(16-13)14-6-4-3-5-7-14/h3-9,12,15H,10-11H2,1-2H3. The van der Waals surface area contributed by atoms with Crippen LogP contribution >= 0.6 is 0 Å². The summed E-state index contributed by atoms with van der Waals surface area (Å²) in [6.45, 7) is 3.41. The van der Waals surface area contributed by atoms with Crippen LogP contribution in [0.5, 0.6) is 0 Å². The van der Waals surface area contributed by atoms with E-state index in [2.05, 4.69) is 10.4 Å². The molecular weight excluding hydrogens is 258 g/mol. The van der Waals surface area contributed by atoms with E-state index in [1.165, 1.54) is 0 Å². The van der Waals surface area contributed by atoms with Crippen molar-refractivity contribution in [3.05, 3.63) is 48.3 Å². The first-order chi connectivity index (χ1) is 9.16. The first-order valence-electron chi connectivity index (χ1n) is 6.29. The summed E-state index contributed by atoms with van der Waals surface area (Å²) in [5.74, 6) is 0. The summed E-state index contributed by atoms with van der Waals surface area (Å²) in [6.07, 6.45) is 3.68. The van der Waals surface area contributed by atoms with Crippen molar-refractivity contribution >= 4 is 10.8 Å². The summed E-state index contributed by atoms with van der Waals surface area (Å²) in [5.41, 5.74) is 2.04. The molecular formula is C14H19N3OS. The normalized spacial score (nSPS) is 14.2.